The lowest BCUT2D eigenvalue weighted by atomic mass is 9.93. The summed E-state index contributed by atoms with van der Waals surface area (Å²) in [6.07, 6.45) is 6.89. The summed E-state index contributed by atoms with van der Waals surface area (Å²) in [5, 5.41) is 8.01. The molecule has 4 aromatic carbocycles. The molecule has 0 aliphatic carbocycles. The molecule has 0 heterocycles. The van der Waals surface area contributed by atoms with Crippen LogP contribution in [0, 0.1) is 13.8 Å². The van der Waals surface area contributed by atoms with E-state index < -0.39 is 0 Å². The molecule has 27 heavy (non-hydrogen) atoms. The summed E-state index contributed by atoms with van der Waals surface area (Å²) in [6, 6.07) is 20.5. The van der Waals surface area contributed by atoms with Gasteiger partial charge in [-0.05, 0) is 75.8 Å². The molecule has 0 saturated heterocycles. The van der Waals surface area contributed by atoms with E-state index in [1.165, 1.54) is 55.4 Å². The molecule has 4 aromatic rings. The molecule has 0 unspecified atom stereocenters. The molecule has 0 heteroatoms. The van der Waals surface area contributed by atoms with Crippen molar-refractivity contribution in [3.05, 3.63) is 77.4 Å². The maximum absolute atomic E-state index is 2.35. The molecule has 138 valence electrons. The van der Waals surface area contributed by atoms with Crippen LogP contribution in [-0.4, -0.2) is 0 Å². The molecule has 0 fully saturated rings. The second kappa shape index (κ2) is 8.39. The van der Waals surface area contributed by atoms with Crippen molar-refractivity contribution in [3.63, 3.8) is 0 Å². The Kier molecular flexibility index (Phi) is 5.96. The Morgan fingerprint density at radius 2 is 1.44 bits per heavy atom. The second-order valence-electron chi connectivity index (χ2n) is 7.06. The first-order valence-corrected chi connectivity index (χ1v) is 10.2. The van der Waals surface area contributed by atoms with Crippen molar-refractivity contribution >= 4 is 38.4 Å². The van der Waals surface area contributed by atoms with Gasteiger partial charge in [-0.2, -0.15) is 0 Å². The van der Waals surface area contributed by atoms with Gasteiger partial charge in [0.25, 0.3) is 0 Å². The molecule has 0 amide bonds. The van der Waals surface area contributed by atoms with Crippen molar-refractivity contribution < 1.29 is 0 Å². The molecular formula is C27H30. The lowest BCUT2D eigenvalue weighted by molar-refractivity contribution is 0.962. The minimum absolute atomic E-state index is 1.14. The van der Waals surface area contributed by atoms with Crippen LogP contribution in [0.2, 0.25) is 0 Å². The maximum Gasteiger partial charge on any atom is -0.00989 e. The number of hydrogen-bond acceptors (Lipinski definition) is 0. The highest BCUT2D eigenvalue weighted by molar-refractivity contribution is 6.13. The summed E-state index contributed by atoms with van der Waals surface area (Å²) >= 11 is 0. The van der Waals surface area contributed by atoms with Gasteiger partial charge in [0.15, 0.2) is 0 Å². The SMILES string of the molecule is CC.CCC/C=C\c1ccc2c(ccc3cc4cc(C)ccc4cc32)c1C. The van der Waals surface area contributed by atoms with Crippen molar-refractivity contribution in [3.8, 4) is 0 Å². The Balaban J connectivity index is 0.00000102. The first-order valence-electron chi connectivity index (χ1n) is 10.2. The van der Waals surface area contributed by atoms with E-state index in [1.54, 1.807) is 0 Å². The molecular weight excluding hydrogens is 324 g/mol. The summed E-state index contributed by atoms with van der Waals surface area (Å²) in [5.41, 5.74) is 4.01. The van der Waals surface area contributed by atoms with Crippen LogP contribution in [-0.2, 0) is 0 Å². The van der Waals surface area contributed by atoms with Crippen LogP contribution in [0.4, 0.5) is 0 Å². The van der Waals surface area contributed by atoms with Gasteiger partial charge in [0, 0.05) is 0 Å². The number of unbranched alkanes of at least 4 members (excludes halogenated alkanes) is 1. The van der Waals surface area contributed by atoms with Crippen molar-refractivity contribution in [2.45, 2.75) is 47.5 Å². The zero-order valence-corrected chi connectivity index (χ0v) is 17.3. The second-order valence-corrected chi connectivity index (χ2v) is 7.06. The third-order valence-corrected chi connectivity index (χ3v) is 5.19. The zero-order valence-electron chi connectivity index (χ0n) is 17.3. The molecule has 0 aromatic heterocycles. The average molecular weight is 355 g/mol. The number of allylic oxidation sites excluding steroid dienone is 1. The first kappa shape index (κ1) is 19.2. The minimum Gasteiger partial charge on any atom is -0.0839 e. The van der Waals surface area contributed by atoms with Crippen molar-refractivity contribution in [2.75, 3.05) is 0 Å². The van der Waals surface area contributed by atoms with Gasteiger partial charge in [-0.25, -0.2) is 0 Å². The summed E-state index contributed by atoms with van der Waals surface area (Å²) in [7, 11) is 0. The number of hydrogen-bond donors (Lipinski definition) is 0. The molecule has 0 aliphatic rings. The molecule has 0 nitrogen and oxygen atoms in total. The van der Waals surface area contributed by atoms with Gasteiger partial charge in [0.2, 0.25) is 0 Å². The van der Waals surface area contributed by atoms with Gasteiger partial charge in [0.05, 0.1) is 0 Å². The Morgan fingerprint density at radius 1 is 0.704 bits per heavy atom. The van der Waals surface area contributed by atoms with Gasteiger partial charge in [-0.3, -0.25) is 0 Å². The van der Waals surface area contributed by atoms with Crippen LogP contribution in [0.25, 0.3) is 38.4 Å². The lowest BCUT2D eigenvalue weighted by Gasteiger charge is -2.11. The predicted octanol–water partition coefficient (Wildman–Crippen LogP) is 8.60. The van der Waals surface area contributed by atoms with Gasteiger partial charge in [-0.15, -0.1) is 0 Å². The van der Waals surface area contributed by atoms with Crippen LogP contribution in [0.5, 0.6) is 0 Å². The van der Waals surface area contributed by atoms with Crippen LogP contribution < -0.4 is 0 Å². The van der Waals surface area contributed by atoms with E-state index >= 15 is 0 Å². The molecule has 0 N–H and O–H groups in total. The Bertz CT molecular complexity index is 1110. The number of aryl methyl sites for hydroxylation is 2. The molecule has 0 radical (unpaired) electrons. The van der Waals surface area contributed by atoms with Gasteiger partial charge in [-0.1, -0.05) is 87.4 Å². The van der Waals surface area contributed by atoms with Crippen LogP contribution in [0.1, 0.15) is 50.3 Å². The van der Waals surface area contributed by atoms with E-state index in [4.69, 9.17) is 0 Å². The van der Waals surface area contributed by atoms with Crippen molar-refractivity contribution in [1.29, 1.82) is 0 Å². The monoisotopic (exact) mass is 354 g/mol. The predicted molar refractivity (Wildman–Crippen MR) is 124 cm³/mol. The fourth-order valence-electron chi connectivity index (χ4n) is 3.73. The van der Waals surface area contributed by atoms with E-state index in [2.05, 4.69) is 87.5 Å². The van der Waals surface area contributed by atoms with Crippen molar-refractivity contribution in [2.24, 2.45) is 0 Å². The third kappa shape index (κ3) is 3.76. The summed E-state index contributed by atoms with van der Waals surface area (Å²) < 4.78 is 0. The van der Waals surface area contributed by atoms with E-state index in [9.17, 15) is 0 Å². The highest BCUT2D eigenvalue weighted by Crippen LogP contribution is 2.32. The fraction of sp³-hybridized carbons (Fsp3) is 0.259. The molecule has 0 atom stereocenters. The standard InChI is InChI=1S/C25H24.C2H6/c1-4-5-6-7-19-10-13-24-23(18(19)3)12-11-21-15-22-14-17(2)8-9-20(22)16-25(21)24;1-2/h6-16H,4-5H2,1-3H3;1-2H3/b7-6-;. The van der Waals surface area contributed by atoms with Crippen LogP contribution in [0.3, 0.4) is 0 Å². The van der Waals surface area contributed by atoms with Gasteiger partial charge >= 0.3 is 0 Å². The van der Waals surface area contributed by atoms with Crippen molar-refractivity contribution in [1.82, 2.24) is 0 Å². The molecule has 0 aliphatic heterocycles. The summed E-state index contributed by atoms with van der Waals surface area (Å²) in [4.78, 5) is 0. The van der Waals surface area contributed by atoms with E-state index in [0.717, 1.165) is 6.42 Å². The van der Waals surface area contributed by atoms with E-state index in [0.29, 0.717) is 0 Å². The highest BCUT2D eigenvalue weighted by Gasteiger charge is 2.07. The quantitative estimate of drug-likeness (QED) is 0.255. The Morgan fingerprint density at radius 3 is 2.22 bits per heavy atom. The van der Waals surface area contributed by atoms with Crippen LogP contribution >= 0.6 is 0 Å². The fourth-order valence-corrected chi connectivity index (χ4v) is 3.73. The third-order valence-electron chi connectivity index (χ3n) is 5.19. The summed E-state index contributed by atoms with van der Waals surface area (Å²) in [6.45, 7) is 10.6. The summed E-state index contributed by atoms with van der Waals surface area (Å²) in [5.74, 6) is 0. The Hall–Kier alpha value is -2.60. The lowest BCUT2D eigenvalue weighted by Crippen LogP contribution is -1.86. The first-order chi connectivity index (χ1) is 13.2. The largest absolute Gasteiger partial charge is 0.0839 e. The normalized spacial score (nSPS) is 11.3. The van der Waals surface area contributed by atoms with E-state index in [-0.39, 0.29) is 0 Å². The minimum atomic E-state index is 1.14. The van der Waals surface area contributed by atoms with Gasteiger partial charge < -0.3 is 0 Å². The smallest absolute Gasteiger partial charge is 0.00989 e. The molecule has 0 saturated carbocycles. The average Bonchev–Trinajstić information content (AvgIpc) is 2.69. The number of fused-ring (bicyclic) bond motifs is 4. The highest BCUT2D eigenvalue weighted by atomic mass is 14.1. The topological polar surface area (TPSA) is 0 Å². The molecule has 4 rings (SSSR count). The zero-order chi connectivity index (χ0) is 19.4. The number of benzene rings is 4. The maximum atomic E-state index is 2.35. The van der Waals surface area contributed by atoms with E-state index in [1.807, 2.05) is 13.8 Å². The molecule has 0 spiro atoms. The Labute approximate surface area is 163 Å². The molecule has 0 bridgehead atoms. The van der Waals surface area contributed by atoms with Crippen LogP contribution in [0.15, 0.2) is 60.7 Å². The van der Waals surface area contributed by atoms with Gasteiger partial charge in [0.1, 0.15) is 0 Å². The number of rotatable bonds is 3.